The van der Waals surface area contributed by atoms with Crippen LogP contribution in [0.1, 0.15) is 25.0 Å². The van der Waals surface area contributed by atoms with Gasteiger partial charge in [0.2, 0.25) is 0 Å². The Morgan fingerprint density at radius 3 is 2.54 bits per heavy atom. The first-order chi connectivity index (χ1) is 6.25. The molecule has 0 heterocycles. The molecule has 0 spiro atoms. The molecule has 13 heavy (non-hydrogen) atoms. The first-order valence-corrected chi connectivity index (χ1v) is 4.61. The molecule has 0 radical (unpaired) electrons. The number of rotatable bonds is 2. The van der Waals surface area contributed by atoms with Gasteiger partial charge in [0.1, 0.15) is 0 Å². The van der Waals surface area contributed by atoms with Gasteiger partial charge < -0.3 is 0 Å². The number of aryl methyl sites for hydroxylation is 1. The van der Waals surface area contributed by atoms with E-state index in [1.165, 1.54) is 16.7 Å². The van der Waals surface area contributed by atoms with Crippen LogP contribution < -0.4 is 0 Å². The van der Waals surface area contributed by atoms with Gasteiger partial charge in [0.05, 0.1) is 0 Å². The van der Waals surface area contributed by atoms with E-state index in [4.69, 9.17) is 0 Å². The summed E-state index contributed by atoms with van der Waals surface area (Å²) in [6.45, 7) is 6.31. The summed E-state index contributed by atoms with van der Waals surface area (Å²) in [5, 5.41) is 0. The summed E-state index contributed by atoms with van der Waals surface area (Å²) in [6.07, 6.45) is 6.26. The molecule has 68 valence electrons. The molecule has 0 heteroatoms. The first-order valence-electron chi connectivity index (χ1n) is 4.61. The molecule has 0 nitrogen and oxygen atoms in total. The summed E-state index contributed by atoms with van der Waals surface area (Å²) < 4.78 is 0. The van der Waals surface area contributed by atoms with Crippen molar-refractivity contribution in [1.82, 2.24) is 0 Å². The molecule has 0 unspecified atom stereocenters. The van der Waals surface area contributed by atoms with Gasteiger partial charge in [0.15, 0.2) is 0 Å². The van der Waals surface area contributed by atoms with Crippen LogP contribution in [0.3, 0.4) is 0 Å². The Hall–Kier alpha value is -1.30. The molecular formula is C13H16. The number of benzene rings is 1. The Bertz CT molecular complexity index is 330. The molecule has 0 saturated carbocycles. The third-order valence-electron chi connectivity index (χ3n) is 2.11. The summed E-state index contributed by atoms with van der Waals surface area (Å²) in [5.41, 5.74) is 3.98. The summed E-state index contributed by atoms with van der Waals surface area (Å²) in [5.74, 6) is 0. The fourth-order valence-electron chi connectivity index (χ4n) is 1.35. The quantitative estimate of drug-likeness (QED) is 0.592. The molecule has 0 saturated heterocycles. The van der Waals surface area contributed by atoms with Gasteiger partial charge in [-0.05, 0) is 37.5 Å². The predicted molar refractivity (Wildman–Crippen MR) is 59.6 cm³/mol. The summed E-state index contributed by atoms with van der Waals surface area (Å²) in [4.78, 5) is 0. The van der Waals surface area contributed by atoms with Crippen LogP contribution in [0.2, 0.25) is 0 Å². The minimum absolute atomic E-state index is 1.32. The topological polar surface area (TPSA) is 0 Å². The van der Waals surface area contributed by atoms with E-state index in [1.54, 1.807) is 0 Å². The second-order valence-electron chi connectivity index (χ2n) is 3.19. The zero-order chi connectivity index (χ0) is 9.68. The monoisotopic (exact) mass is 172 g/mol. The van der Waals surface area contributed by atoms with Gasteiger partial charge in [0, 0.05) is 0 Å². The molecule has 0 aliphatic heterocycles. The van der Waals surface area contributed by atoms with Gasteiger partial charge in [-0.1, -0.05) is 42.5 Å². The normalized spacial score (nSPS) is 12.4. The maximum Gasteiger partial charge on any atom is -0.0198 e. The molecule has 0 aliphatic carbocycles. The average molecular weight is 172 g/mol. The van der Waals surface area contributed by atoms with Crippen LogP contribution in [0.5, 0.6) is 0 Å². The highest BCUT2D eigenvalue weighted by Crippen LogP contribution is 2.17. The third-order valence-corrected chi connectivity index (χ3v) is 2.11. The molecular weight excluding hydrogens is 156 g/mol. The van der Waals surface area contributed by atoms with Gasteiger partial charge in [-0.2, -0.15) is 0 Å². The van der Waals surface area contributed by atoms with Crippen LogP contribution in [-0.4, -0.2) is 0 Å². The van der Waals surface area contributed by atoms with E-state index >= 15 is 0 Å². The Balaban J connectivity index is 3.01. The van der Waals surface area contributed by atoms with Gasteiger partial charge in [-0.3, -0.25) is 0 Å². The van der Waals surface area contributed by atoms with Crippen molar-refractivity contribution < 1.29 is 0 Å². The van der Waals surface area contributed by atoms with Crippen LogP contribution in [0.25, 0.3) is 5.57 Å². The summed E-state index contributed by atoms with van der Waals surface area (Å²) in [6, 6.07) is 8.45. The smallest absolute Gasteiger partial charge is 0.0198 e. The number of hydrogen-bond acceptors (Lipinski definition) is 0. The highest BCUT2D eigenvalue weighted by Gasteiger charge is 1.96. The summed E-state index contributed by atoms with van der Waals surface area (Å²) >= 11 is 0. The van der Waals surface area contributed by atoms with Crippen molar-refractivity contribution >= 4 is 5.57 Å². The zero-order valence-corrected chi connectivity index (χ0v) is 8.54. The van der Waals surface area contributed by atoms with Gasteiger partial charge in [-0.25, -0.2) is 0 Å². The highest BCUT2D eigenvalue weighted by atomic mass is 14.0. The standard InChI is InChI=1S/C13H16/c1-4-5-8-11(2)13-10-7-6-9-12(13)3/h4-10H,1-3H3/b5-4-,11-8+. The maximum atomic E-state index is 2.16. The maximum absolute atomic E-state index is 2.16. The van der Waals surface area contributed by atoms with E-state index in [2.05, 4.69) is 50.3 Å². The van der Waals surface area contributed by atoms with Crippen molar-refractivity contribution in [3.05, 3.63) is 53.6 Å². The van der Waals surface area contributed by atoms with Crippen molar-refractivity contribution in [2.45, 2.75) is 20.8 Å². The van der Waals surface area contributed by atoms with Crippen LogP contribution in [0.4, 0.5) is 0 Å². The van der Waals surface area contributed by atoms with E-state index in [9.17, 15) is 0 Å². The fraction of sp³-hybridized carbons (Fsp3) is 0.231. The molecule has 0 N–H and O–H groups in total. The first kappa shape index (κ1) is 9.79. The Kier molecular flexibility index (Phi) is 3.51. The Labute approximate surface area is 80.6 Å². The lowest BCUT2D eigenvalue weighted by atomic mass is 10.0. The number of allylic oxidation sites excluding steroid dienone is 4. The largest absolute Gasteiger partial charge is 0.0877 e. The van der Waals surface area contributed by atoms with Crippen molar-refractivity contribution in [3.63, 3.8) is 0 Å². The van der Waals surface area contributed by atoms with Crippen LogP contribution in [-0.2, 0) is 0 Å². The Morgan fingerprint density at radius 1 is 1.23 bits per heavy atom. The second kappa shape index (κ2) is 4.66. The van der Waals surface area contributed by atoms with Crippen molar-refractivity contribution in [2.75, 3.05) is 0 Å². The SMILES string of the molecule is C/C=C\C=C(/C)c1ccccc1C. The van der Waals surface area contributed by atoms with Crippen LogP contribution >= 0.6 is 0 Å². The molecule has 0 aliphatic rings. The minimum Gasteiger partial charge on any atom is -0.0877 e. The molecule has 1 aromatic carbocycles. The molecule has 0 amide bonds. The molecule has 0 fully saturated rings. The van der Waals surface area contributed by atoms with Crippen molar-refractivity contribution in [1.29, 1.82) is 0 Å². The summed E-state index contributed by atoms with van der Waals surface area (Å²) in [7, 11) is 0. The van der Waals surface area contributed by atoms with Gasteiger partial charge >= 0.3 is 0 Å². The minimum atomic E-state index is 1.32. The molecule has 0 atom stereocenters. The molecule has 1 rings (SSSR count). The third kappa shape index (κ3) is 2.59. The highest BCUT2D eigenvalue weighted by molar-refractivity contribution is 5.67. The Morgan fingerprint density at radius 2 is 1.92 bits per heavy atom. The average Bonchev–Trinajstić information content (AvgIpc) is 2.15. The second-order valence-corrected chi connectivity index (χ2v) is 3.19. The lowest BCUT2D eigenvalue weighted by Crippen LogP contribution is -1.83. The zero-order valence-electron chi connectivity index (χ0n) is 8.54. The van der Waals surface area contributed by atoms with Crippen LogP contribution in [0, 0.1) is 6.92 Å². The molecule has 0 aromatic heterocycles. The van der Waals surface area contributed by atoms with E-state index < -0.39 is 0 Å². The lowest BCUT2D eigenvalue weighted by Gasteiger charge is -2.04. The van der Waals surface area contributed by atoms with E-state index in [-0.39, 0.29) is 0 Å². The van der Waals surface area contributed by atoms with Crippen molar-refractivity contribution in [2.24, 2.45) is 0 Å². The predicted octanol–water partition coefficient (Wildman–Crippen LogP) is 3.97. The van der Waals surface area contributed by atoms with Gasteiger partial charge in [-0.15, -0.1) is 0 Å². The fourth-order valence-corrected chi connectivity index (χ4v) is 1.35. The van der Waals surface area contributed by atoms with E-state index in [1.807, 2.05) is 13.0 Å². The van der Waals surface area contributed by atoms with Crippen molar-refractivity contribution in [3.8, 4) is 0 Å². The van der Waals surface area contributed by atoms with Crippen LogP contribution in [0.15, 0.2) is 42.5 Å². The van der Waals surface area contributed by atoms with E-state index in [0.717, 1.165) is 0 Å². The van der Waals surface area contributed by atoms with E-state index in [0.29, 0.717) is 0 Å². The molecule has 0 bridgehead atoms. The number of hydrogen-bond donors (Lipinski definition) is 0. The lowest BCUT2D eigenvalue weighted by molar-refractivity contribution is 1.41. The molecule has 1 aromatic rings. The van der Waals surface area contributed by atoms with Gasteiger partial charge in [0.25, 0.3) is 0 Å².